The smallest absolute Gasteiger partial charge is 0.273 e. The van der Waals surface area contributed by atoms with Crippen molar-refractivity contribution in [2.75, 3.05) is 5.73 Å². The lowest BCUT2D eigenvalue weighted by molar-refractivity contribution is 0.0956. The van der Waals surface area contributed by atoms with E-state index in [9.17, 15) is 9.18 Å². The summed E-state index contributed by atoms with van der Waals surface area (Å²) in [6.07, 6.45) is 1.51. The molecule has 0 aliphatic carbocycles. The van der Waals surface area contributed by atoms with Gasteiger partial charge in [-0.2, -0.15) is 5.10 Å². The molecule has 27 heavy (non-hydrogen) atoms. The van der Waals surface area contributed by atoms with Crippen molar-refractivity contribution in [2.24, 2.45) is 5.10 Å². The molecule has 0 aromatic heterocycles. The maximum Gasteiger partial charge on any atom is 0.273 e. The molecule has 0 bridgehead atoms. The number of carbonyl (C=O) groups excluding carboxylic acids is 1. The number of amides is 1. The lowest BCUT2D eigenvalue weighted by Crippen LogP contribution is -2.18. The van der Waals surface area contributed by atoms with Gasteiger partial charge in [0.1, 0.15) is 18.2 Å². The highest BCUT2D eigenvalue weighted by molar-refractivity contribution is 5.99. The van der Waals surface area contributed by atoms with Crippen LogP contribution >= 0.6 is 0 Å². The first-order valence-electron chi connectivity index (χ1n) is 8.27. The predicted molar refractivity (Wildman–Crippen MR) is 103 cm³/mol. The number of hydrogen-bond donors (Lipinski definition) is 2. The summed E-state index contributed by atoms with van der Waals surface area (Å²) in [5.41, 5.74) is 10.2. The number of nitrogen functional groups attached to an aromatic ring is 1. The fourth-order valence-corrected chi connectivity index (χ4v) is 2.36. The molecular weight excluding hydrogens is 345 g/mol. The minimum atomic E-state index is -0.380. The van der Waals surface area contributed by atoms with Crippen molar-refractivity contribution in [3.63, 3.8) is 0 Å². The quantitative estimate of drug-likeness (QED) is 0.398. The molecule has 0 spiro atoms. The number of nitrogens with one attached hydrogen (secondary N) is 1. The number of benzene rings is 3. The monoisotopic (exact) mass is 363 g/mol. The Labute approximate surface area is 156 Å². The number of nitrogens with zero attached hydrogens (tertiary/aromatic N) is 1. The molecule has 0 radical (unpaired) electrons. The Morgan fingerprint density at radius 3 is 2.48 bits per heavy atom. The first-order chi connectivity index (χ1) is 13.1. The second-order valence-electron chi connectivity index (χ2n) is 5.74. The number of ether oxygens (including phenoxy) is 1. The summed E-state index contributed by atoms with van der Waals surface area (Å²) < 4.78 is 19.1. The zero-order valence-electron chi connectivity index (χ0n) is 14.4. The minimum absolute atomic E-state index is 0.147. The fourth-order valence-electron chi connectivity index (χ4n) is 2.36. The SMILES string of the molecule is Nc1ccccc1C(=O)N/N=C/c1ccc(OCc2ccccc2F)cc1. The van der Waals surface area contributed by atoms with Crippen molar-refractivity contribution in [3.05, 3.63) is 95.3 Å². The van der Waals surface area contributed by atoms with Crippen molar-refractivity contribution in [3.8, 4) is 5.75 Å². The first-order valence-corrected chi connectivity index (χ1v) is 8.27. The van der Waals surface area contributed by atoms with E-state index in [1.165, 1.54) is 12.3 Å². The molecule has 3 N–H and O–H groups in total. The van der Waals surface area contributed by atoms with Crippen LogP contribution in [0.5, 0.6) is 5.75 Å². The molecule has 3 aromatic carbocycles. The summed E-state index contributed by atoms with van der Waals surface area (Å²) in [6.45, 7) is 0.147. The van der Waals surface area contributed by atoms with Gasteiger partial charge in [-0.05, 0) is 48.0 Å². The van der Waals surface area contributed by atoms with Crippen LogP contribution in [0.15, 0.2) is 77.9 Å². The zero-order valence-corrected chi connectivity index (χ0v) is 14.4. The summed E-state index contributed by atoms with van der Waals surface area (Å²) in [5.74, 6) is -0.0678. The third-order valence-corrected chi connectivity index (χ3v) is 3.82. The van der Waals surface area contributed by atoms with E-state index in [1.54, 1.807) is 66.7 Å². The molecule has 3 aromatic rings. The van der Waals surface area contributed by atoms with Gasteiger partial charge < -0.3 is 10.5 Å². The number of para-hydroxylation sites is 1. The molecule has 0 unspecified atom stereocenters. The van der Waals surface area contributed by atoms with Crippen LogP contribution in [-0.4, -0.2) is 12.1 Å². The van der Waals surface area contributed by atoms with Gasteiger partial charge in [-0.15, -0.1) is 0 Å². The third-order valence-electron chi connectivity index (χ3n) is 3.82. The molecule has 0 atom stereocenters. The van der Waals surface area contributed by atoms with Crippen molar-refractivity contribution in [1.29, 1.82) is 0 Å². The molecule has 1 amide bonds. The Morgan fingerprint density at radius 2 is 1.74 bits per heavy atom. The van der Waals surface area contributed by atoms with Crippen LogP contribution in [0.4, 0.5) is 10.1 Å². The average molecular weight is 363 g/mol. The predicted octanol–water partition coefficient (Wildman–Crippen LogP) is 3.75. The summed E-state index contributed by atoms with van der Waals surface area (Å²) in [7, 11) is 0. The number of carbonyl (C=O) groups is 1. The Bertz CT molecular complexity index is 956. The molecular formula is C21H18FN3O2. The molecule has 5 nitrogen and oxygen atoms in total. The van der Waals surface area contributed by atoms with Crippen LogP contribution < -0.4 is 15.9 Å². The number of hydrazone groups is 1. The van der Waals surface area contributed by atoms with Gasteiger partial charge in [0.15, 0.2) is 0 Å². The van der Waals surface area contributed by atoms with E-state index in [4.69, 9.17) is 10.5 Å². The number of nitrogens with two attached hydrogens (primary N) is 1. The third kappa shape index (κ3) is 4.92. The number of hydrogen-bond acceptors (Lipinski definition) is 4. The highest BCUT2D eigenvalue weighted by Crippen LogP contribution is 2.15. The highest BCUT2D eigenvalue weighted by Gasteiger charge is 2.07. The van der Waals surface area contributed by atoms with Gasteiger partial charge in [0.25, 0.3) is 5.91 Å². The van der Waals surface area contributed by atoms with Crippen molar-refractivity contribution in [2.45, 2.75) is 6.61 Å². The van der Waals surface area contributed by atoms with E-state index in [-0.39, 0.29) is 18.3 Å². The van der Waals surface area contributed by atoms with Gasteiger partial charge in [0.05, 0.1) is 11.8 Å². The minimum Gasteiger partial charge on any atom is -0.489 e. The van der Waals surface area contributed by atoms with Crippen LogP contribution in [0.25, 0.3) is 0 Å². The molecule has 0 fully saturated rings. The van der Waals surface area contributed by atoms with Crippen LogP contribution in [0.2, 0.25) is 0 Å². The Balaban J connectivity index is 1.54. The molecule has 0 saturated heterocycles. The lowest BCUT2D eigenvalue weighted by atomic mass is 10.2. The van der Waals surface area contributed by atoms with Crippen LogP contribution in [0.3, 0.4) is 0 Å². The number of rotatable bonds is 6. The lowest BCUT2D eigenvalue weighted by Gasteiger charge is -2.07. The molecule has 0 aliphatic rings. The maximum absolute atomic E-state index is 13.6. The van der Waals surface area contributed by atoms with Crippen LogP contribution in [0.1, 0.15) is 21.5 Å². The van der Waals surface area contributed by atoms with Gasteiger partial charge >= 0.3 is 0 Å². The second-order valence-corrected chi connectivity index (χ2v) is 5.74. The Hall–Kier alpha value is -3.67. The van der Waals surface area contributed by atoms with Crippen molar-refractivity contribution in [1.82, 2.24) is 5.43 Å². The van der Waals surface area contributed by atoms with Crippen LogP contribution in [0, 0.1) is 5.82 Å². The van der Waals surface area contributed by atoms with E-state index in [2.05, 4.69) is 10.5 Å². The fraction of sp³-hybridized carbons (Fsp3) is 0.0476. The van der Waals surface area contributed by atoms with Gasteiger partial charge in [0.2, 0.25) is 0 Å². The highest BCUT2D eigenvalue weighted by atomic mass is 19.1. The average Bonchev–Trinajstić information content (AvgIpc) is 2.68. The van der Waals surface area contributed by atoms with Crippen molar-refractivity contribution >= 4 is 17.8 Å². The summed E-state index contributed by atoms with van der Waals surface area (Å²) in [4.78, 5) is 12.0. The first kappa shape index (κ1) is 18.1. The summed E-state index contributed by atoms with van der Waals surface area (Å²) in [5, 5.41) is 3.92. The van der Waals surface area contributed by atoms with E-state index >= 15 is 0 Å². The normalized spacial score (nSPS) is 10.7. The maximum atomic E-state index is 13.6. The molecule has 3 rings (SSSR count). The van der Waals surface area contributed by atoms with Crippen LogP contribution in [-0.2, 0) is 6.61 Å². The topological polar surface area (TPSA) is 76.7 Å². The van der Waals surface area contributed by atoms with E-state index < -0.39 is 0 Å². The molecule has 0 saturated carbocycles. The summed E-state index contributed by atoms with van der Waals surface area (Å²) >= 11 is 0. The van der Waals surface area contributed by atoms with E-state index in [0.717, 1.165) is 5.56 Å². The van der Waals surface area contributed by atoms with E-state index in [0.29, 0.717) is 22.6 Å². The molecule has 0 aliphatic heterocycles. The number of anilines is 1. The summed E-state index contributed by atoms with van der Waals surface area (Å²) in [6, 6.07) is 20.3. The zero-order chi connectivity index (χ0) is 19.1. The largest absolute Gasteiger partial charge is 0.489 e. The van der Waals surface area contributed by atoms with Gasteiger partial charge in [0, 0.05) is 11.3 Å². The molecule has 136 valence electrons. The Morgan fingerprint density at radius 1 is 1.04 bits per heavy atom. The van der Waals surface area contributed by atoms with E-state index in [1.807, 2.05) is 0 Å². The van der Waals surface area contributed by atoms with Crippen molar-refractivity contribution < 1.29 is 13.9 Å². The molecule has 6 heteroatoms. The Kier molecular flexibility index (Phi) is 5.79. The number of halogens is 1. The standard InChI is InChI=1S/C21H18FN3O2/c22-19-7-3-1-5-16(19)14-27-17-11-9-15(10-12-17)13-24-25-21(26)18-6-2-4-8-20(18)23/h1-13H,14,23H2,(H,25,26)/b24-13+. The molecule has 0 heterocycles. The van der Waals surface area contributed by atoms with Gasteiger partial charge in [-0.25, -0.2) is 9.82 Å². The van der Waals surface area contributed by atoms with Gasteiger partial charge in [-0.1, -0.05) is 30.3 Å². The van der Waals surface area contributed by atoms with Gasteiger partial charge in [-0.3, -0.25) is 4.79 Å². The second kappa shape index (κ2) is 8.62.